The quantitative estimate of drug-likeness (QED) is 0.492. The lowest BCUT2D eigenvalue weighted by Gasteiger charge is -2.15. The molecular formula is C21H24N4O4S. The van der Waals surface area contributed by atoms with Crippen molar-refractivity contribution >= 4 is 17.8 Å². The summed E-state index contributed by atoms with van der Waals surface area (Å²) >= 11 is 1.33. The molecule has 8 nitrogen and oxygen atoms in total. The number of ether oxygens (including phenoxy) is 3. The van der Waals surface area contributed by atoms with E-state index in [2.05, 4.69) is 15.5 Å². The molecule has 1 aromatic heterocycles. The molecule has 9 heteroatoms. The van der Waals surface area contributed by atoms with E-state index in [4.69, 9.17) is 14.2 Å². The minimum absolute atomic E-state index is 0.114. The first-order chi connectivity index (χ1) is 14.7. The molecule has 30 heavy (non-hydrogen) atoms. The lowest BCUT2D eigenvalue weighted by atomic mass is 10.2. The van der Waals surface area contributed by atoms with Crippen LogP contribution in [-0.4, -0.2) is 58.0 Å². The number of nitrogens with zero attached hydrogens (tertiary/aromatic N) is 4. The van der Waals surface area contributed by atoms with E-state index in [0.29, 0.717) is 28.2 Å². The third kappa shape index (κ3) is 5.31. The SMILES string of the molecule is C/C=C/c1ccc(OCC(O)CSc2nnnn2-c2ccccc2OC)c(OC)c1. The highest BCUT2D eigenvalue weighted by Gasteiger charge is 2.16. The van der Waals surface area contributed by atoms with Gasteiger partial charge >= 0.3 is 0 Å². The van der Waals surface area contributed by atoms with Gasteiger partial charge in [-0.3, -0.25) is 0 Å². The van der Waals surface area contributed by atoms with Crippen molar-refractivity contribution < 1.29 is 19.3 Å². The van der Waals surface area contributed by atoms with Gasteiger partial charge in [0.25, 0.3) is 0 Å². The normalized spacial score (nSPS) is 12.1. The van der Waals surface area contributed by atoms with E-state index in [1.54, 1.807) is 18.9 Å². The van der Waals surface area contributed by atoms with Gasteiger partial charge in [0.05, 0.1) is 20.3 Å². The van der Waals surface area contributed by atoms with Gasteiger partial charge in [-0.25, -0.2) is 0 Å². The van der Waals surface area contributed by atoms with Crippen molar-refractivity contribution in [2.75, 3.05) is 26.6 Å². The summed E-state index contributed by atoms with van der Waals surface area (Å²) < 4.78 is 18.1. The second-order valence-electron chi connectivity index (χ2n) is 6.23. The molecule has 1 atom stereocenters. The minimum Gasteiger partial charge on any atom is -0.494 e. The Labute approximate surface area is 179 Å². The van der Waals surface area contributed by atoms with E-state index in [0.717, 1.165) is 11.3 Å². The molecule has 0 radical (unpaired) electrons. The van der Waals surface area contributed by atoms with Crippen LogP contribution in [0.1, 0.15) is 12.5 Å². The van der Waals surface area contributed by atoms with E-state index >= 15 is 0 Å². The van der Waals surface area contributed by atoms with Crippen LogP contribution in [0.3, 0.4) is 0 Å². The molecular weight excluding hydrogens is 404 g/mol. The molecule has 0 bridgehead atoms. The number of para-hydroxylation sites is 2. The van der Waals surface area contributed by atoms with Gasteiger partial charge in [-0.1, -0.05) is 42.1 Å². The predicted octanol–water partition coefficient (Wildman–Crippen LogP) is 3.24. The molecule has 3 rings (SSSR count). The number of thioether (sulfide) groups is 1. The monoisotopic (exact) mass is 428 g/mol. The Morgan fingerprint density at radius 2 is 1.90 bits per heavy atom. The number of rotatable bonds is 10. The zero-order valence-corrected chi connectivity index (χ0v) is 17.9. The molecule has 158 valence electrons. The molecule has 0 amide bonds. The lowest BCUT2D eigenvalue weighted by molar-refractivity contribution is 0.124. The zero-order chi connectivity index (χ0) is 21.3. The highest BCUT2D eigenvalue weighted by molar-refractivity contribution is 7.99. The first kappa shape index (κ1) is 21.7. The molecule has 0 aliphatic rings. The topological polar surface area (TPSA) is 91.5 Å². The van der Waals surface area contributed by atoms with Crippen LogP contribution in [-0.2, 0) is 0 Å². The first-order valence-electron chi connectivity index (χ1n) is 9.32. The maximum absolute atomic E-state index is 10.4. The van der Waals surface area contributed by atoms with Crippen molar-refractivity contribution in [2.45, 2.75) is 18.2 Å². The standard InChI is InChI=1S/C21H24N4O4S/c1-4-7-15-10-11-19(20(12-15)28-3)29-13-16(26)14-30-21-22-23-24-25(21)17-8-5-6-9-18(17)27-2/h4-12,16,26H,13-14H2,1-3H3/b7-4+. The van der Waals surface area contributed by atoms with Crippen molar-refractivity contribution in [3.8, 4) is 22.9 Å². The molecule has 3 aromatic rings. The van der Waals surface area contributed by atoms with E-state index < -0.39 is 6.10 Å². The number of hydrogen-bond donors (Lipinski definition) is 1. The Morgan fingerprint density at radius 1 is 1.10 bits per heavy atom. The highest BCUT2D eigenvalue weighted by Crippen LogP contribution is 2.29. The molecule has 0 spiro atoms. The van der Waals surface area contributed by atoms with Gasteiger partial charge in [0.2, 0.25) is 5.16 Å². The Morgan fingerprint density at radius 3 is 2.67 bits per heavy atom. The molecule has 0 fully saturated rings. The van der Waals surface area contributed by atoms with E-state index in [1.807, 2.05) is 61.5 Å². The van der Waals surface area contributed by atoms with Crippen LogP contribution in [0.2, 0.25) is 0 Å². The summed E-state index contributed by atoms with van der Waals surface area (Å²) in [6, 6.07) is 13.1. The van der Waals surface area contributed by atoms with Crippen molar-refractivity contribution in [2.24, 2.45) is 0 Å². The second-order valence-corrected chi connectivity index (χ2v) is 7.22. The number of benzene rings is 2. The average molecular weight is 429 g/mol. The van der Waals surface area contributed by atoms with Gasteiger partial charge in [0, 0.05) is 5.75 Å². The van der Waals surface area contributed by atoms with Gasteiger partial charge in [-0.05, 0) is 47.2 Å². The fourth-order valence-corrected chi connectivity index (χ4v) is 3.52. The first-order valence-corrected chi connectivity index (χ1v) is 10.3. The Balaban J connectivity index is 1.60. The second kappa shape index (κ2) is 10.7. The van der Waals surface area contributed by atoms with Crippen molar-refractivity contribution in [1.29, 1.82) is 0 Å². The minimum atomic E-state index is -0.724. The maximum atomic E-state index is 10.4. The van der Waals surface area contributed by atoms with Crippen LogP contribution in [0.25, 0.3) is 11.8 Å². The van der Waals surface area contributed by atoms with Crippen molar-refractivity contribution in [1.82, 2.24) is 20.2 Å². The van der Waals surface area contributed by atoms with Gasteiger partial charge in [-0.15, -0.1) is 5.10 Å². The summed E-state index contributed by atoms with van der Waals surface area (Å²) in [6.45, 7) is 2.07. The summed E-state index contributed by atoms with van der Waals surface area (Å²) in [5.41, 5.74) is 1.74. The smallest absolute Gasteiger partial charge is 0.214 e. The third-order valence-electron chi connectivity index (χ3n) is 4.14. The third-order valence-corrected chi connectivity index (χ3v) is 5.20. The van der Waals surface area contributed by atoms with E-state index in [9.17, 15) is 5.11 Å². The van der Waals surface area contributed by atoms with Crippen molar-refractivity contribution in [3.05, 3.63) is 54.1 Å². The average Bonchev–Trinajstić information content (AvgIpc) is 3.25. The molecule has 2 aromatic carbocycles. The van der Waals surface area contributed by atoms with E-state index in [1.165, 1.54) is 11.8 Å². The van der Waals surface area contributed by atoms with Crippen LogP contribution in [0, 0.1) is 0 Å². The van der Waals surface area contributed by atoms with Gasteiger partial charge in [0.15, 0.2) is 11.5 Å². The summed E-state index contributed by atoms with van der Waals surface area (Å²) in [6.07, 6.45) is 3.20. The largest absolute Gasteiger partial charge is 0.494 e. The summed E-state index contributed by atoms with van der Waals surface area (Å²) in [5, 5.41) is 22.7. The molecule has 1 unspecified atom stereocenters. The number of allylic oxidation sites excluding steroid dienone is 1. The number of aromatic nitrogens is 4. The molecule has 0 aliphatic heterocycles. The highest BCUT2D eigenvalue weighted by atomic mass is 32.2. The summed E-state index contributed by atoms with van der Waals surface area (Å²) in [5.74, 6) is 2.21. The van der Waals surface area contributed by atoms with E-state index in [-0.39, 0.29) is 6.61 Å². The van der Waals surface area contributed by atoms with Crippen LogP contribution in [0.15, 0.2) is 53.7 Å². The maximum Gasteiger partial charge on any atom is 0.214 e. The number of tetrazole rings is 1. The zero-order valence-electron chi connectivity index (χ0n) is 17.1. The lowest BCUT2D eigenvalue weighted by Crippen LogP contribution is -2.20. The fraction of sp³-hybridized carbons (Fsp3) is 0.286. The molecule has 0 aliphatic carbocycles. The number of methoxy groups -OCH3 is 2. The van der Waals surface area contributed by atoms with Gasteiger partial charge in [-0.2, -0.15) is 4.68 Å². The Hall–Kier alpha value is -3.04. The summed E-state index contributed by atoms with van der Waals surface area (Å²) in [4.78, 5) is 0. The molecule has 1 heterocycles. The number of aliphatic hydroxyl groups is 1. The van der Waals surface area contributed by atoms with Crippen LogP contribution in [0.4, 0.5) is 0 Å². The Kier molecular flexibility index (Phi) is 7.69. The van der Waals surface area contributed by atoms with Gasteiger partial charge < -0.3 is 19.3 Å². The van der Waals surface area contributed by atoms with Crippen LogP contribution in [0.5, 0.6) is 17.2 Å². The fourth-order valence-electron chi connectivity index (χ4n) is 2.73. The molecule has 0 saturated carbocycles. The van der Waals surface area contributed by atoms with Crippen molar-refractivity contribution in [3.63, 3.8) is 0 Å². The molecule has 1 N–H and O–H groups in total. The molecule has 0 saturated heterocycles. The summed E-state index contributed by atoms with van der Waals surface area (Å²) in [7, 11) is 3.18. The predicted molar refractivity (Wildman–Crippen MR) is 116 cm³/mol. The Bertz CT molecular complexity index is 993. The van der Waals surface area contributed by atoms with Crippen LogP contribution >= 0.6 is 11.8 Å². The number of hydrogen-bond acceptors (Lipinski definition) is 8. The van der Waals surface area contributed by atoms with Gasteiger partial charge in [0.1, 0.15) is 18.0 Å². The number of aliphatic hydroxyl groups excluding tert-OH is 1. The van der Waals surface area contributed by atoms with Crippen LogP contribution < -0.4 is 14.2 Å².